The SMILES string of the molecule is CCCN1/C(=C/C=C/C2=[N+](CCCS(=O)(=O)O)c3ccc4ccc(S(=O)(=O)O)cc4c3C2(C)CCCS(=O)(=O)O)C(C)(C)c2c1ccc1c(S(=O)(=O)O)cc(S(=O)(=O)O)cc21. The molecule has 1 unspecified atom stereocenters. The van der Waals surface area contributed by atoms with Crippen LogP contribution in [0.1, 0.15) is 64.5 Å². The van der Waals surface area contributed by atoms with Crippen molar-refractivity contribution in [3.05, 3.63) is 89.6 Å². The zero-order valence-electron chi connectivity index (χ0n) is 33.3. The Bertz CT molecular complexity index is 3180. The highest BCUT2D eigenvalue weighted by atomic mass is 32.2. The lowest BCUT2D eigenvalue weighted by atomic mass is 9.74. The van der Waals surface area contributed by atoms with Gasteiger partial charge in [-0.2, -0.15) is 46.7 Å². The molecule has 330 valence electrons. The summed E-state index contributed by atoms with van der Waals surface area (Å²) in [5.41, 5.74) is 1.14. The van der Waals surface area contributed by atoms with Gasteiger partial charge in [0.1, 0.15) is 11.4 Å². The van der Waals surface area contributed by atoms with Crippen LogP contribution in [0.3, 0.4) is 0 Å². The fourth-order valence-corrected chi connectivity index (χ4v) is 11.6. The molecule has 2 aliphatic heterocycles. The van der Waals surface area contributed by atoms with Gasteiger partial charge in [-0.3, -0.25) is 22.8 Å². The highest BCUT2D eigenvalue weighted by molar-refractivity contribution is 7.87. The maximum atomic E-state index is 12.5. The highest BCUT2D eigenvalue weighted by Crippen LogP contribution is 2.52. The Labute approximate surface area is 354 Å². The van der Waals surface area contributed by atoms with E-state index < -0.39 is 87.6 Å². The molecule has 1 atom stereocenters. The predicted molar refractivity (Wildman–Crippen MR) is 229 cm³/mol. The number of rotatable bonds is 15. The van der Waals surface area contributed by atoms with Crippen LogP contribution < -0.4 is 4.90 Å². The molecule has 2 heterocycles. The quantitative estimate of drug-likeness (QED) is 0.0708. The summed E-state index contributed by atoms with van der Waals surface area (Å²) >= 11 is 0. The summed E-state index contributed by atoms with van der Waals surface area (Å²) in [6.45, 7) is 7.81. The van der Waals surface area contributed by atoms with Gasteiger partial charge in [-0.15, -0.1) is 0 Å². The van der Waals surface area contributed by atoms with Gasteiger partial charge in [-0.05, 0) is 90.4 Å². The average Bonchev–Trinajstić information content (AvgIpc) is 3.48. The molecule has 0 fully saturated rings. The molecule has 6 rings (SSSR count). The lowest BCUT2D eigenvalue weighted by Gasteiger charge is -2.27. The molecule has 5 N–H and O–H groups in total. The second-order valence-corrected chi connectivity index (χ2v) is 23.2. The largest absolute Gasteiger partial charge is 0.344 e. The number of allylic oxidation sites excluding steroid dienone is 4. The van der Waals surface area contributed by atoms with E-state index in [1.165, 1.54) is 24.3 Å². The summed E-state index contributed by atoms with van der Waals surface area (Å²) in [4.78, 5) is 0.0951. The molecule has 0 amide bonds. The third kappa shape index (κ3) is 9.19. The number of hydrogen-bond acceptors (Lipinski definition) is 11. The number of anilines is 1. The van der Waals surface area contributed by atoms with Gasteiger partial charge in [-0.25, -0.2) is 0 Å². The van der Waals surface area contributed by atoms with Crippen molar-refractivity contribution in [1.29, 1.82) is 0 Å². The van der Waals surface area contributed by atoms with Gasteiger partial charge in [0.25, 0.3) is 50.6 Å². The molecule has 22 heteroatoms. The van der Waals surface area contributed by atoms with Crippen LogP contribution in [0.25, 0.3) is 21.5 Å². The Kier molecular flexibility index (Phi) is 12.1. The molecule has 0 aromatic heterocycles. The smallest absolute Gasteiger partial charge is 0.295 e. The van der Waals surface area contributed by atoms with E-state index in [1.54, 1.807) is 47.9 Å². The average molecular weight is 942 g/mol. The summed E-state index contributed by atoms with van der Waals surface area (Å²) < 4.78 is 173. The van der Waals surface area contributed by atoms with Crippen LogP contribution in [0.4, 0.5) is 11.4 Å². The maximum Gasteiger partial charge on any atom is 0.295 e. The molecular formula is C39H45N2O15S5+. The predicted octanol–water partition coefficient (Wildman–Crippen LogP) is 5.68. The molecule has 0 spiro atoms. The third-order valence-corrected chi connectivity index (χ3v) is 15.4. The van der Waals surface area contributed by atoms with Gasteiger partial charge in [0, 0.05) is 52.9 Å². The number of hydrogen-bond donors (Lipinski definition) is 5. The van der Waals surface area contributed by atoms with E-state index in [4.69, 9.17) is 0 Å². The summed E-state index contributed by atoms with van der Waals surface area (Å²) in [7, 11) is -23.4. The fraction of sp³-hybridized carbons (Fsp3) is 0.359. The van der Waals surface area contributed by atoms with Crippen LogP contribution in [0, 0.1) is 0 Å². The van der Waals surface area contributed by atoms with E-state index in [1.807, 2.05) is 25.7 Å². The first kappa shape index (κ1) is 46.4. The Balaban J connectivity index is 1.59. The molecule has 4 aromatic carbocycles. The number of fused-ring (bicyclic) bond motifs is 6. The molecule has 0 bridgehead atoms. The zero-order chi connectivity index (χ0) is 45.3. The first-order valence-corrected chi connectivity index (χ1v) is 26.4. The third-order valence-electron chi connectivity index (χ3n) is 11.3. The van der Waals surface area contributed by atoms with Crippen LogP contribution >= 0.6 is 0 Å². The van der Waals surface area contributed by atoms with Crippen molar-refractivity contribution in [3.8, 4) is 0 Å². The minimum absolute atomic E-state index is 0.0114. The number of benzene rings is 4. The van der Waals surface area contributed by atoms with Gasteiger partial charge < -0.3 is 4.90 Å². The van der Waals surface area contributed by atoms with Crippen molar-refractivity contribution in [1.82, 2.24) is 0 Å². The van der Waals surface area contributed by atoms with E-state index in [-0.39, 0.29) is 36.6 Å². The minimum Gasteiger partial charge on any atom is -0.344 e. The van der Waals surface area contributed by atoms with Gasteiger partial charge >= 0.3 is 0 Å². The van der Waals surface area contributed by atoms with Gasteiger partial charge in [0.05, 0.1) is 26.7 Å². The van der Waals surface area contributed by atoms with E-state index >= 15 is 0 Å². The topological polar surface area (TPSA) is 278 Å². The van der Waals surface area contributed by atoms with Crippen LogP contribution in [0.15, 0.2) is 93.2 Å². The molecule has 2 aliphatic rings. The standard InChI is InChI=1S/C39H44N2O15S5/c1-5-18-40-31-16-14-28-30(23-27(60(51,52)53)24-33(28)61(54,55)56)36(31)38(2,3)34(40)9-6-10-35-39(4,17-7-20-57(42,43)44)37-29-22-26(59(48,49)50)13-11-25(29)12-15-32(37)41(35)19-8-21-58(45,46)47/h6,9-16,22-24H,5,7-8,17-21H2,1-4H3,(H4-,42,43,44,45,46,47,48,49,50,51,52,53,54,55,56)/p+1. The fourth-order valence-electron chi connectivity index (χ4n) is 8.79. The second kappa shape index (κ2) is 15.9. The summed E-state index contributed by atoms with van der Waals surface area (Å²) in [5.74, 6) is -1.22. The lowest BCUT2D eigenvalue weighted by molar-refractivity contribution is -0.437. The summed E-state index contributed by atoms with van der Waals surface area (Å²) in [6.07, 6.45) is 5.74. The zero-order valence-corrected chi connectivity index (χ0v) is 37.4. The first-order chi connectivity index (χ1) is 28.0. The van der Waals surface area contributed by atoms with Crippen molar-refractivity contribution in [2.75, 3.05) is 29.5 Å². The van der Waals surface area contributed by atoms with Crippen molar-refractivity contribution < 1.29 is 69.4 Å². The Morgan fingerprint density at radius 2 is 1.28 bits per heavy atom. The maximum absolute atomic E-state index is 12.5. The van der Waals surface area contributed by atoms with Gasteiger partial charge in [0.15, 0.2) is 5.71 Å². The van der Waals surface area contributed by atoms with Gasteiger partial charge in [0.2, 0.25) is 5.69 Å². The first-order valence-electron chi connectivity index (χ1n) is 18.8. The van der Waals surface area contributed by atoms with Crippen LogP contribution in [0.2, 0.25) is 0 Å². The summed E-state index contributed by atoms with van der Waals surface area (Å²) in [5, 5.41) is 1.12. The molecule has 61 heavy (non-hydrogen) atoms. The van der Waals surface area contributed by atoms with Crippen molar-refractivity contribution in [2.24, 2.45) is 0 Å². The molecule has 0 aliphatic carbocycles. The highest BCUT2D eigenvalue weighted by Gasteiger charge is 2.49. The molecular weight excluding hydrogens is 897 g/mol. The summed E-state index contributed by atoms with van der Waals surface area (Å²) in [6, 6.07) is 12.4. The van der Waals surface area contributed by atoms with E-state index in [2.05, 4.69) is 0 Å². The lowest BCUT2D eigenvalue weighted by Crippen LogP contribution is -2.32. The molecule has 0 radical (unpaired) electrons. The number of nitrogens with zero attached hydrogens (tertiary/aromatic N) is 2. The van der Waals surface area contributed by atoms with Crippen molar-refractivity contribution in [2.45, 2.75) is 78.9 Å². The van der Waals surface area contributed by atoms with Crippen LogP contribution in [-0.4, -0.2) is 99.7 Å². The van der Waals surface area contributed by atoms with Crippen molar-refractivity contribution in [3.63, 3.8) is 0 Å². The van der Waals surface area contributed by atoms with Crippen LogP contribution in [-0.2, 0) is 61.4 Å². The second-order valence-electron chi connectivity index (χ2n) is 15.8. The minimum atomic E-state index is -4.98. The molecule has 0 saturated carbocycles. The monoisotopic (exact) mass is 941 g/mol. The van der Waals surface area contributed by atoms with E-state index in [0.29, 0.717) is 63.7 Å². The molecule has 0 saturated heterocycles. The van der Waals surface area contributed by atoms with Crippen LogP contribution in [0.5, 0.6) is 0 Å². The molecule has 4 aromatic rings. The van der Waals surface area contributed by atoms with E-state index in [9.17, 15) is 64.9 Å². The normalized spacial score (nSPS) is 19.2. The Morgan fingerprint density at radius 1 is 0.672 bits per heavy atom. The van der Waals surface area contributed by atoms with Crippen molar-refractivity contribution >= 4 is 89.2 Å². The Morgan fingerprint density at radius 3 is 1.87 bits per heavy atom. The van der Waals surface area contributed by atoms with E-state index in [0.717, 1.165) is 6.07 Å². The Hall–Kier alpha value is -4.10. The molecule has 17 nitrogen and oxygen atoms in total. The van der Waals surface area contributed by atoms with Gasteiger partial charge in [-0.1, -0.05) is 39.0 Å².